The van der Waals surface area contributed by atoms with Gasteiger partial charge in [-0.2, -0.15) is 0 Å². The molecule has 0 spiro atoms. The quantitative estimate of drug-likeness (QED) is 0.419. The van der Waals surface area contributed by atoms with Crippen molar-refractivity contribution in [3.63, 3.8) is 0 Å². The normalized spacial score (nSPS) is 15.7. The minimum Gasteiger partial charge on any atom is -0.493 e. The minimum absolute atomic E-state index is 0.0952. The van der Waals surface area contributed by atoms with E-state index in [2.05, 4.69) is 0 Å². The number of ketones is 1. The summed E-state index contributed by atoms with van der Waals surface area (Å²) in [4.78, 5) is 27.5. The van der Waals surface area contributed by atoms with Crippen molar-refractivity contribution in [2.45, 2.75) is 19.1 Å². The van der Waals surface area contributed by atoms with Crippen LogP contribution < -0.4 is 19.8 Å². The van der Waals surface area contributed by atoms with Crippen LogP contribution in [0.4, 0.5) is 0 Å². The topological polar surface area (TPSA) is 66.8 Å². The molecular weight excluding hydrogens is 418 g/mol. The molecule has 0 saturated heterocycles. The Kier molecular flexibility index (Phi) is 4.30. The van der Waals surface area contributed by atoms with Gasteiger partial charge >= 0.3 is 0 Å². The maximum Gasteiger partial charge on any atom is 0.262 e. The van der Waals surface area contributed by atoms with Gasteiger partial charge < -0.3 is 18.8 Å². The standard InChI is InChI=1S/C27H21NO5/c1-31-21-12-11-19-22-24(17-8-4-5-9-18(17)25(22)29)28(27(30)23(19)26(21)32-2)14-16-13-15-7-3-6-10-20(15)33-16/h3-12,16H,13-14H2,1-2H3. The molecule has 0 amide bonds. The number of para-hydroxylation sites is 1. The Morgan fingerprint density at radius 3 is 2.45 bits per heavy atom. The number of ether oxygens (including phenoxy) is 3. The Hall–Kier alpha value is -4.06. The molecule has 1 unspecified atom stereocenters. The molecule has 0 fully saturated rings. The van der Waals surface area contributed by atoms with Crippen molar-refractivity contribution in [1.29, 1.82) is 0 Å². The summed E-state index contributed by atoms with van der Waals surface area (Å²) in [5.74, 6) is 1.52. The lowest BCUT2D eigenvalue weighted by Gasteiger charge is -2.20. The van der Waals surface area contributed by atoms with E-state index in [4.69, 9.17) is 14.2 Å². The fraction of sp³-hybridized carbons (Fsp3) is 0.185. The lowest BCUT2D eigenvalue weighted by molar-refractivity contribution is 0.104. The van der Waals surface area contributed by atoms with E-state index in [1.807, 2.05) is 42.5 Å². The summed E-state index contributed by atoms with van der Waals surface area (Å²) in [6.07, 6.45) is 0.474. The highest BCUT2D eigenvalue weighted by Gasteiger charge is 2.35. The van der Waals surface area contributed by atoms with E-state index in [-0.39, 0.29) is 17.4 Å². The maximum absolute atomic E-state index is 14.0. The average molecular weight is 439 g/mol. The van der Waals surface area contributed by atoms with Gasteiger partial charge in [-0.05, 0) is 23.8 Å². The number of hydrogen-bond acceptors (Lipinski definition) is 5. The van der Waals surface area contributed by atoms with Crippen molar-refractivity contribution >= 4 is 16.6 Å². The van der Waals surface area contributed by atoms with Gasteiger partial charge in [0, 0.05) is 22.9 Å². The van der Waals surface area contributed by atoms with Crippen molar-refractivity contribution in [2.24, 2.45) is 0 Å². The SMILES string of the molecule is COc1ccc2c3c(n(CC4Cc5ccccc5O4)c(=O)c2c1OC)-c1ccccc1C3=O. The highest BCUT2D eigenvalue weighted by Crippen LogP contribution is 2.43. The predicted molar refractivity (Wildman–Crippen MR) is 125 cm³/mol. The zero-order chi connectivity index (χ0) is 22.7. The number of benzene rings is 3. The molecule has 0 saturated carbocycles. The third-order valence-electron chi connectivity index (χ3n) is 6.53. The first-order valence-corrected chi connectivity index (χ1v) is 10.8. The molecule has 1 aliphatic heterocycles. The van der Waals surface area contributed by atoms with Crippen LogP contribution in [0.5, 0.6) is 17.2 Å². The van der Waals surface area contributed by atoms with Crippen molar-refractivity contribution in [1.82, 2.24) is 4.57 Å². The summed E-state index contributed by atoms with van der Waals surface area (Å²) < 4.78 is 18.9. The van der Waals surface area contributed by atoms with Gasteiger partial charge in [0.1, 0.15) is 11.9 Å². The lowest BCUT2D eigenvalue weighted by Crippen LogP contribution is -2.31. The number of pyridine rings is 1. The molecule has 1 aliphatic carbocycles. The first-order valence-electron chi connectivity index (χ1n) is 10.8. The van der Waals surface area contributed by atoms with E-state index in [0.29, 0.717) is 52.1 Å². The highest BCUT2D eigenvalue weighted by molar-refractivity contribution is 6.27. The van der Waals surface area contributed by atoms with Crippen LogP contribution in [0, 0.1) is 0 Å². The third kappa shape index (κ3) is 2.73. The van der Waals surface area contributed by atoms with Crippen LogP contribution in [-0.2, 0) is 13.0 Å². The third-order valence-corrected chi connectivity index (χ3v) is 6.53. The Morgan fingerprint density at radius 2 is 1.70 bits per heavy atom. The van der Waals surface area contributed by atoms with Gasteiger partial charge in [-0.1, -0.05) is 42.5 Å². The van der Waals surface area contributed by atoms with E-state index in [1.54, 1.807) is 22.8 Å². The van der Waals surface area contributed by atoms with Gasteiger partial charge in [0.25, 0.3) is 5.56 Å². The molecule has 2 heterocycles. The van der Waals surface area contributed by atoms with Crippen LogP contribution in [-0.4, -0.2) is 30.7 Å². The summed E-state index contributed by atoms with van der Waals surface area (Å²) >= 11 is 0. The number of carbonyl (C=O) groups is 1. The van der Waals surface area contributed by atoms with Crippen molar-refractivity contribution in [3.05, 3.63) is 87.7 Å². The van der Waals surface area contributed by atoms with Gasteiger partial charge in [-0.15, -0.1) is 0 Å². The van der Waals surface area contributed by atoms with Crippen molar-refractivity contribution < 1.29 is 19.0 Å². The fourth-order valence-electron chi connectivity index (χ4n) is 5.11. The number of carbonyl (C=O) groups excluding carboxylic acids is 1. The highest BCUT2D eigenvalue weighted by atomic mass is 16.5. The van der Waals surface area contributed by atoms with Crippen LogP contribution in [0.15, 0.2) is 65.5 Å². The van der Waals surface area contributed by atoms with Crippen molar-refractivity contribution in [2.75, 3.05) is 14.2 Å². The molecule has 6 heteroatoms. The minimum atomic E-state index is -0.233. The summed E-state index contributed by atoms with van der Waals surface area (Å²) in [5, 5.41) is 0.910. The first-order chi connectivity index (χ1) is 16.1. The smallest absolute Gasteiger partial charge is 0.262 e. The van der Waals surface area contributed by atoms with Gasteiger partial charge in [0.15, 0.2) is 17.3 Å². The Bertz CT molecular complexity index is 1490. The second kappa shape index (κ2) is 7.24. The monoisotopic (exact) mass is 439 g/mol. The predicted octanol–water partition coefficient (Wildman–Crippen LogP) is 4.23. The Balaban J connectivity index is 1.63. The van der Waals surface area contributed by atoms with Crippen molar-refractivity contribution in [3.8, 4) is 28.5 Å². The van der Waals surface area contributed by atoms with Gasteiger partial charge in [0.05, 0.1) is 37.4 Å². The molecule has 0 N–H and O–H groups in total. The van der Waals surface area contributed by atoms with Crippen LogP contribution in [0.1, 0.15) is 21.5 Å². The van der Waals surface area contributed by atoms with E-state index >= 15 is 0 Å². The van der Waals surface area contributed by atoms with Crippen LogP contribution in [0.3, 0.4) is 0 Å². The Morgan fingerprint density at radius 1 is 0.939 bits per heavy atom. The molecule has 164 valence electrons. The van der Waals surface area contributed by atoms with E-state index in [9.17, 15) is 9.59 Å². The second-order valence-corrected chi connectivity index (χ2v) is 8.29. The van der Waals surface area contributed by atoms with Crippen LogP contribution in [0.25, 0.3) is 22.0 Å². The Labute approximate surface area is 189 Å². The number of fused-ring (bicyclic) bond motifs is 6. The number of rotatable bonds is 4. The van der Waals surface area contributed by atoms with Crippen LogP contribution >= 0.6 is 0 Å². The molecule has 2 aliphatic rings. The molecule has 0 radical (unpaired) electrons. The summed E-state index contributed by atoms with van der Waals surface area (Å²) in [5.41, 5.74) is 3.40. The molecule has 1 atom stereocenters. The molecule has 33 heavy (non-hydrogen) atoms. The molecular formula is C27H21NO5. The maximum atomic E-state index is 14.0. The molecule has 1 aromatic heterocycles. The summed E-state index contributed by atoms with van der Waals surface area (Å²) in [7, 11) is 3.03. The zero-order valence-electron chi connectivity index (χ0n) is 18.3. The first kappa shape index (κ1) is 19.6. The van der Waals surface area contributed by atoms with Gasteiger partial charge in [0.2, 0.25) is 0 Å². The van der Waals surface area contributed by atoms with Gasteiger partial charge in [-0.3, -0.25) is 9.59 Å². The number of nitrogens with zero attached hydrogens (tertiary/aromatic N) is 1. The molecule has 0 bridgehead atoms. The van der Waals surface area contributed by atoms with E-state index < -0.39 is 0 Å². The number of hydrogen-bond donors (Lipinski definition) is 0. The van der Waals surface area contributed by atoms with E-state index in [0.717, 1.165) is 16.9 Å². The summed E-state index contributed by atoms with van der Waals surface area (Å²) in [6.45, 7) is 0.313. The second-order valence-electron chi connectivity index (χ2n) is 8.29. The molecule has 4 aromatic rings. The summed E-state index contributed by atoms with van der Waals surface area (Å²) in [6, 6.07) is 18.8. The number of aromatic nitrogens is 1. The lowest BCUT2D eigenvalue weighted by atomic mass is 10.0. The van der Waals surface area contributed by atoms with Gasteiger partial charge in [-0.25, -0.2) is 0 Å². The van der Waals surface area contributed by atoms with Crippen LogP contribution in [0.2, 0.25) is 0 Å². The fourth-order valence-corrected chi connectivity index (χ4v) is 5.11. The number of methoxy groups -OCH3 is 2. The zero-order valence-corrected chi connectivity index (χ0v) is 18.3. The van der Waals surface area contributed by atoms with E-state index in [1.165, 1.54) is 14.2 Å². The average Bonchev–Trinajstić information content (AvgIpc) is 3.39. The molecule has 6 rings (SSSR count). The molecule has 6 nitrogen and oxygen atoms in total. The molecule has 3 aromatic carbocycles. The largest absolute Gasteiger partial charge is 0.493 e.